The number of esters is 4. The second kappa shape index (κ2) is 70.4. The molecule has 99 heavy (non-hydrogen) atoms. The van der Waals surface area contributed by atoms with Crippen molar-refractivity contribution in [3.05, 3.63) is 0 Å². The molecule has 0 aromatic heterocycles. The molecule has 3 N–H and O–H groups in total. The lowest BCUT2D eigenvalue weighted by Gasteiger charge is -2.21. The molecule has 19 heteroatoms. The van der Waals surface area contributed by atoms with Gasteiger partial charge in [-0.25, -0.2) is 9.13 Å². The molecule has 588 valence electrons. The van der Waals surface area contributed by atoms with Crippen LogP contribution in [0.3, 0.4) is 0 Å². The predicted molar refractivity (Wildman–Crippen MR) is 405 cm³/mol. The first-order chi connectivity index (χ1) is 47.8. The van der Waals surface area contributed by atoms with Crippen molar-refractivity contribution in [2.45, 2.75) is 433 Å². The van der Waals surface area contributed by atoms with Crippen molar-refractivity contribution in [2.75, 3.05) is 39.6 Å². The zero-order valence-electron chi connectivity index (χ0n) is 65.0. The van der Waals surface area contributed by atoms with Crippen molar-refractivity contribution in [3.63, 3.8) is 0 Å². The van der Waals surface area contributed by atoms with Gasteiger partial charge in [-0.3, -0.25) is 37.3 Å². The summed E-state index contributed by atoms with van der Waals surface area (Å²) in [6.45, 7) is 11.9. The summed E-state index contributed by atoms with van der Waals surface area (Å²) in [7, 11) is -9.92. The highest BCUT2D eigenvalue weighted by atomic mass is 31.2. The minimum absolute atomic E-state index is 0.104. The van der Waals surface area contributed by atoms with Gasteiger partial charge in [0.25, 0.3) is 0 Å². The molecule has 0 aromatic carbocycles. The molecule has 0 spiro atoms. The maximum Gasteiger partial charge on any atom is 0.472 e. The van der Waals surface area contributed by atoms with E-state index >= 15 is 0 Å². The van der Waals surface area contributed by atoms with Crippen LogP contribution >= 0.6 is 15.6 Å². The summed E-state index contributed by atoms with van der Waals surface area (Å²) in [5, 5.41) is 10.6. The van der Waals surface area contributed by atoms with Gasteiger partial charge in [-0.1, -0.05) is 363 Å². The van der Waals surface area contributed by atoms with Crippen molar-refractivity contribution in [1.82, 2.24) is 0 Å². The standard InChI is InChI=1S/C80H156O17P2/c1-8-12-13-14-15-16-17-18-19-20-21-22-23-28-31-34-40-49-56-63-79(84)96-75(67-90-77(82)61-54-47-39-33-30-27-25-24-26-29-32-37-44-51-58-71(5)9-2)69-94-98(86,87)92-65-74(81)66-93-99(88,89)95-70-76(68-91-78(83)62-55-48-43-42-46-53-60-73(7)11-4)97-80(85)64-57-50-41-36-35-38-45-52-59-72(6)10-3/h71-76,81H,8-70H2,1-7H3,(H,86,87)(H,88,89)/t71?,72?,73?,74-,75-,76-/m1/s1. The van der Waals surface area contributed by atoms with Crippen LogP contribution in [0.2, 0.25) is 0 Å². The van der Waals surface area contributed by atoms with Crippen LogP contribution in [0.1, 0.15) is 414 Å². The first kappa shape index (κ1) is 97.1. The zero-order valence-corrected chi connectivity index (χ0v) is 66.8. The Balaban J connectivity index is 5.24. The van der Waals surface area contributed by atoms with E-state index in [-0.39, 0.29) is 25.7 Å². The van der Waals surface area contributed by atoms with E-state index in [2.05, 4.69) is 48.5 Å². The Bertz CT molecular complexity index is 1930. The fourth-order valence-electron chi connectivity index (χ4n) is 12.2. The maximum absolute atomic E-state index is 13.1. The van der Waals surface area contributed by atoms with E-state index < -0.39 is 97.5 Å². The molecule has 5 unspecified atom stereocenters. The first-order valence-electron chi connectivity index (χ1n) is 41.5. The molecule has 0 amide bonds. The molecule has 0 fully saturated rings. The molecule has 0 aliphatic rings. The summed E-state index contributed by atoms with van der Waals surface area (Å²) in [5.74, 6) is 0.235. The lowest BCUT2D eigenvalue weighted by molar-refractivity contribution is -0.161. The lowest BCUT2D eigenvalue weighted by Crippen LogP contribution is -2.30. The summed E-state index contributed by atoms with van der Waals surface area (Å²) in [6.07, 6.45) is 58.3. The molecule has 0 rings (SSSR count). The molecule has 0 heterocycles. The topological polar surface area (TPSA) is 237 Å². The molecular formula is C80H156O17P2. The number of hydrogen-bond acceptors (Lipinski definition) is 15. The van der Waals surface area contributed by atoms with Gasteiger partial charge >= 0.3 is 39.5 Å². The van der Waals surface area contributed by atoms with E-state index in [1.54, 1.807) is 0 Å². The van der Waals surface area contributed by atoms with Gasteiger partial charge in [0, 0.05) is 25.7 Å². The van der Waals surface area contributed by atoms with Crippen molar-refractivity contribution in [1.29, 1.82) is 0 Å². The quantitative estimate of drug-likeness (QED) is 0.0222. The Kier molecular flexibility index (Phi) is 69.0. The molecule has 0 radical (unpaired) electrons. The second-order valence-corrected chi connectivity index (χ2v) is 32.4. The minimum atomic E-state index is -4.96. The van der Waals surface area contributed by atoms with E-state index in [4.69, 9.17) is 37.0 Å². The minimum Gasteiger partial charge on any atom is -0.462 e. The second-order valence-electron chi connectivity index (χ2n) is 29.5. The van der Waals surface area contributed by atoms with Crippen LogP contribution in [0, 0.1) is 17.8 Å². The van der Waals surface area contributed by atoms with Gasteiger partial charge in [-0.15, -0.1) is 0 Å². The van der Waals surface area contributed by atoms with Crippen LogP contribution in [0.5, 0.6) is 0 Å². The SMILES string of the molecule is CCCCCCCCCCCCCCCCCCCCCC(=O)O[C@H](COC(=O)CCCCCCCCCCCCCCCCC(C)CC)COP(=O)(O)OC[C@@H](O)COP(=O)(O)OC[C@@H](COC(=O)CCCCCCCCC(C)CC)OC(=O)CCCCCCCCCCC(C)CC. The maximum atomic E-state index is 13.1. The smallest absolute Gasteiger partial charge is 0.462 e. The van der Waals surface area contributed by atoms with Gasteiger partial charge in [0.15, 0.2) is 12.2 Å². The molecule has 8 atom stereocenters. The number of ether oxygens (including phenoxy) is 4. The summed E-state index contributed by atoms with van der Waals surface area (Å²) in [5.41, 5.74) is 0. The van der Waals surface area contributed by atoms with Crippen LogP contribution in [-0.2, 0) is 65.4 Å². The van der Waals surface area contributed by atoms with Gasteiger partial charge in [-0.05, 0) is 43.4 Å². The van der Waals surface area contributed by atoms with Gasteiger partial charge in [0.1, 0.15) is 19.3 Å². The number of carbonyl (C=O) groups is 4. The van der Waals surface area contributed by atoms with E-state index in [0.29, 0.717) is 25.7 Å². The molecule has 0 saturated heterocycles. The molecule has 0 saturated carbocycles. The number of aliphatic hydroxyl groups excluding tert-OH is 1. The summed E-state index contributed by atoms with van der Waals surface area (Å²) in [4.78, 5) is 73.0. The normalized spacial score (nSPS) is 14.8. The van der Waals surface area contributed by atoms with Crippen LogP contribution < -0.4 is 0 Å². The van der Waals surface area contributed by atoms with Crippen LogP contribution in [0.15, 0.2) is 0 Å². The van der Waals surface area contributed by atoms with E-state index in [1.807, 2.05) is 0 Å². The molecular weight excluding hydrogens is 1290 g/mol. The molecule has 0 bridgehead atoms. The Morgan fingerprint density at radius 2 is 0.485 bits per heavy atom. The molecule has 0 aliphatic heterocycles. The average Bonchev–Trinajstić information content (AvgIpc) is 1.06. The monoisotopic (exact) mass is 1450 g/mol. The summed E-state index contributed by atoms with van der Waals surface area (Å²) >= 11 is 0. The van der Waals surface area contributed by atoms with Crippen molar-refractivity contribution in [2.24, 2.45) is 17.8 Å². The van der Waals surface area contributed by atoms with Gasteiger partial charge in [0.05, 0.1) is 26.4 Å². The van der Waals surface area contributed by atoms with Gasteiger partial charge in [0.2, 0.25) is 0 Å². The zero-order chi connectivity index (χ0) is 73.0. The Hall–Kier alpha value is -1.94. The van der Waals surface area contributed by atoms with Crippen molar-refractivity contribution < 1.29 is 80.2 Å². The van der Waals surface area contributed by atoms with Gasteiger partial charge in [-0.2, -0.15) is 0 Å². The first-order valence-corrected chi connectivity index (χ1v) is 44.5. The number of hydrogen-bond donors (Lipinski definition) is 3. The molecule has 17 nitrogen and oxygen atoms in total. The van der Waals surface area contributed by atoms with Crippen LogP contribution in [0.4, 0.5) is 0 Å². The summed E-state index contributed by atoms with van der Waals surface area (Å²) < 4.78 is 68.7. The molecule has 0 aromatic rings. The Labute approximate surface area is 607 Å². The number of aliphatic hydroxyl groups is 1. The lowest BCUT2D eigenvalue weighted by atomic mass is 9.99. The third-order valence-corrected chi connectivity index (χ3v) is 21.6. The fraction of sp³-hybridized carbons (Fsp3) is 0.950. The van der Waals surface area contributed by atoms with Crippen molar-refractivity contribution in [3.8, 4) is 0 Å². The van der Waals surface area contributed by atoms with E-state index in [1.165, 1.54) is 218 Å². The van der Waals surface area contributed by atoms with Gasteiger partial charge < -0.3 is 33.8 Å². The predicted octanol–water partition coefficient (Wildman–Crippen LogP) is 23.7. The molecule has 0 aliphatic carbocycles. The number of phosphoric acid groups is 2. The largest absolute Gasteiger partial charge is 0.472 e. The fourth-order valence-corrected chi connectivity index (χ4v) is 13.8. The Morgan fingerprint density at radius 1 is 0.283 bits per heavy atom. The van der Waals surface area contributed by atoms with Crippen molar-refractivity contribution >= 4 is 39.5 Å². The number of unbranched alkanes of at least 4 members (excludes halogenated alkanes) is 43. The third kappa shape index (κ3) is 70.2. The highest BCUT2D eigenvalue weighted by Crippen LogP contribution is 2.45. The average molecular weight is 1450 g/mol. The Morgan fingerprint density at radius 3 is 0.717 bits per heavy atom. The number of carbonyl (C=O) groups excluding carboxylic acids is 4. The third-order valence-electron chi connectivity index (χ3n) is 19.7. The highest BCUT2D eigenvalue weighted by molar-refractivity contribution is 7.47. The number of phosphoric ester groups is 2. The number of rotatable bonds is 78. The van der Waals surface area contributed by atoms with Crippen LogP contribution in [-0.4, -0.2) is 96.7 Å². The summed E-state index contributed by atoms with van der Waals surface area (Å²) in [6, 6.07) is 0. The van der Waals surface area contributed by atoms with E-state index in [9.17, 15) is 43.2 Å². The van der Waals surface area contributed by atoms with Crippen LogP contribution in [0.25, 0.3) is 0 Å². The van der Waals surface area contributed by atoms with E-state index in [0.717, 1.165) is 114 Å². The highest BCUT2D eigenvalue weighted by Gasteiger charge is 2.30.